The highest BCUT2D eigenvalue weighted by Crippen LogP contribution is 2.35. The lowest BCUT2D eigenvalue weighted by atomic mass is 10.0. The highest BCUT2D eigenvalue weighted by Gasteiger charge is 2.34. The summed E-state index contributed by atoms with van der Waals surface area (Å²) in [6.07, 6.45) is -3.92. The molecule has 0 saturated carbocycles. The van der Waals surface area contributed by atoms with E-state index in [2.05, 4.69) is 4.72 Å². The van der Waals surface area contributed by atoms with Crippen LogP contribution in [-0.4, -0.2) is 25.0 Å². The summed E-state index contributed by atoms with van der Waals surface area (Å²) in [5, 5.41) is 0.485. The van der Waals surface area contributed by atoms with Gasteiger partial charge in [-0.2, -0.15) is 13.2 Å². The maximum absolute atomic E-state index is 13.7. The van der Waals surface area contributed by atoms with Crippen molar-refractivity contribution in [3.8, 4) is 0 Å². The molecule has 0 atom stereocenters. The van der Waals surface area contributed by atoms with Gasteiger partial charge in [-0.25, -0.2) is 8.42 Å². The topological polar surface area (TPSA) is 68.2 Å². The van der Waals surface area contributed by atoms with Crippen molar-refractivity contribution in [1.29, 1.82) is 0 Å². The number of hydrogen-bond acceptors (Lipinski definition) is 3. The van der Waals surface area contributed by atoms with E-state index in [-0.39, 0.29) is 23.5 Å². The summed E-state index contributed by atoms with van der Waals surface area (Å²) in [6, 6.07) is 11.3. The number of rotatable bonds is 6. The molecule has 32 heavy (non-hydrogen) atoms. The first-order valence-electron chi connectivity index (χ1n) is 9.39. The molecule has 10 heteroatoms. The van der Waals surface area contributed by atoms with Gasteiger partial charge in [-0.3, -0.25) is 9.52 Å². The number of anilines is 1. The fourth-order valence-corrected chi connectivity index (χ4v) is 4.21. The van der Waals surface area contributed by atoms with Crippen LogP contribution < -0.4 is 4.72 Å². The van der Waals surface area contributed by atoms with Crippen LogP contribution in [0.4, 0.5) is 18.9 Å². The standard InChI is InChI=1S/C22H20ClF3N2O3S/c1-13-10-18(28(2)20(13)21(29)14-4-7-16(23)8-5-14)11-15-6-9-17(27-32(3,30)31)12-19(15)22(24,25)26/h4-10,12,27H,11H2,1-3H3. The van der Waals surface area contributed by atoms with Crippen molar-refractivity contribution < 1.29 is 26.4 Å². The van der Waals surface area contributed by atoms with Crippen molar-refractivity contribution in [2.24, 2.45) is 7.05 Å². The Morgan fingerprint density at radius 2 is 1.72 bits per heavy atom. The number of aryl methyl sites for hydroxylation is 1. The molecule has 0 aliphatic rings. The molecule has 0 aliphatic carbocycles. The largest absolute Gasteiger partial charge is 0.416 e. The van der Waals surface area contributed by atoms with Gasteiger partial charge in [-0.15, -0.1) is 0 Å². The van der Waals surface area contributed by atoms with E-state index in [0.29, 0.717) is 27.5 Å². The first-order chi connectivity index (χ1) is 14.8. The van der Waals surface area contributed by atoms with Crippen LogP contribution >= 0.6 is 11.6 Å². The van der Waals surface area contributed by atoms with Crippen molar-refractivity contribution in [2.75, 3.05) is 11.0 Å². The zero-order valence-corrected chi connectivity index (χ0v) is 19.0. The molecule has 0 bridgehead atoms. The fraction of sp³-hybridized carbons (Fsp3) is 0.227. The molecule has 0 fully saturated rings. The van der Waals surface area contributed by atoms with Gasteiger partial charge < -0.3 is 4.57 Å². The molecule has 0 amide bonds. The van der Waals surface area contributed by atoms with Crippen LogP contribution in [0.3, 0.4) is 0 Å². The molecule has 1 heterocycles. The van der Waals surface area contributed by atoms with Gasteiger partial charge in [0, 0.05) is 35.4 Å². The zero-order valence-electron chi connectivity index (χ0n) is 17.4. The molecule has 1 aromatic heterocycles. The molecule has 3 aromatic rings. The van der Waals surface area contributed by atoms with Gasteiger partial charge in [-0.1, -0.05) is 17.7 Å². The second-order valence-corrected chi connectivity index (χ2v) is 9.67. The van der Waals surface area contributed by atoms with E-state index in [4.69, 9.17) is 11.6 Å². The van der Waals surface area contributed by atoms with Crippen molar-refractivity contribution >= 4 is 33.1 Å². The minimum absolute atomic E-state index is 0.0392. The molecular formula is C22H20ClF3N2O3S. The number of carbonyl (C=O) groups is 1. The highest BCUT2D eigenvalue weighted by atomic mass is 35.5. The quantitative estimate of drug-likeness (QED) is 0.489. The molecule has 170 valence electrons. The monoisotopic (exact) mass is 484 g/mol. The number of nitrogens with one attached hydrogen (secondary N) is 1. The Hall–Kier alpha value is -2.78. The number of carbonyl (C=O) groups excluding carboxylic acids is 1. The van der Waals surface area contributed by atoms with Crippen LogP contribution in [0.2, 0.25) is 5.02 Å². The zero-order chi connectivity index (χ0) is 23.8. The number of aromatic nitrogens is 1. The lowest BCUT2D eigenvalue weighted by molar-refractivity contribution is -0.138. The van der Waals surface area contributed by atoms with Gasteiger partial charge in [0.2, 0.25) is 15.8 Å². The third-order valence-electron chi connectivity index (χ3n) is 4.93. The Balaban J connectivity index is 2.00. The third-order valence-corrected chi connectivity index (χ3v) is 5.79. The van der Waals surface area contributed by atoms with E-state index in [0.717, 1.165) is 12.3 Å². The molecule has 0 aliphatic heterocycles. The van der Waals surface area contributed by atoms with Gasteiger partial charge in [0.25, 0.3) is 0 Å². The smallest absolute Gasteiger partial charge is 0.344 e. The molecule has 0 radical (unpaired) electrons. The molecule has 1 N–H and O–H groups in total. The number of sulfonamides is 1. The minimum atomic E-state index is -4.69. The highest BCUT2D eigenvalue weighted by molar-refractivity contribution is 7.92. The number of alkyl halides is 3. The summed E-state index contributed by atoms with van der Waals surface area (Å²) < 4.78 is 67.5. The fourth-order valence-electron chi connectivity index (χ4n) is 3.53. The number of ketones is 1. The van der Waals surface area contributed by atoms with Crippen molar-refractivity contribution in [2.45, 2.75) is 19.5 Å². The summed E-state index contributed by atoms with van der Waals surface area (Å²) in [6.45, 7) is 1.72. The number of benzene rings is 2. The predicted molar refractivity (Wildman–Crippen MR) is 118 cm³/mol. The van der Waals surface area contributed by atoms with Crippen LogP contribution in [0.5, 0.6) is 0 Å². The Morgan fingerprint density at radius 1 is 1.09 bits per heavy atom. The van der Waals surface area contributed by atoms with E-state index in [1.54, 1.807) is 48.9 Å². The first kappa shape index (κ1) is 23.9. The lowest BCUT2D eigenvalue weighted by Gasteiger charge is -2.16. The summed E-state index contributed by atoms with van der Waals surface area (Å²) in [4.78, 5) is 13.0. The van der Waals surface area contributed by atoms with E-state index in [9.17, 15) is 26.4 Å². The number of hydrogen-bond donors (Lipinski definition) is 1. The van der Waals surface area contributed by atoms with Crippen LogP contribution in [0, 0.1) is 6.92 Å². The van der Waals surface area contributed by atoms with E-state index >= 15 is 0 Å². The summed E-state index contributed by atoms with van der Waals surface area (Å²) in [7, 11) is -2.10. The maximum atomic E-state index is 13.7. The summed E-state index contributed by atoms with van der Waals surface area (Å²) >= 11 is 5.87. The molecule has 3 rings (SSSR count). The average molecular weight is 485 g/mol. The molecule has 5 nitrogen and oxygen atoms in total. The van der Waals surface area contributed by atoms with Crippen LogP contribution in [0.1, 0.15) is 38.4 Å². The molecule has 0 spiro atoms. The first-order valence-corrected chi connectivity index (χ1v) is 11.7. The molecular weight excluding hydrogens is 465 g/mol. The van der Waals surface area contributed by atoms with E-state index in [1.165, 1.54) is 12.1 Å². The Morgan fingerprint density at radius 3 is 2.28 bits per heavy atom. The number of nitrogens with zero attached hydrogens (tertiary/aromatic N) is 1. The van der Waals surface area contributed by atoms with Gasteiger partial charge in [0.1, 0.15) is 0 Å². The van der Waals surface area contributed by atoms with Crippen LogP contribution in [-0.2, 0) is 29.7 Å². The predicted octanol–water partition coefficient (Wildman–Crippen LogP) is 5.20. The van der Waals surface area contributed by atoms with Gasteiger partial charge >= 0.3 is 6.18 Å². The number of halogens is 4. The Kier molecular flexibility index (Phi) is 6.44. The summed E-state index contributed by atoms with van der Waals surface area (Å²) in [5.41, 5.74) is 0.757. The summed E-state index contributed by atoms with van der Waals surface area (Å²) in [5.74, 6) is -0.267. The van der Waals surface area contributed by atoms with Crippen LogP contribution in [0.15, 0.2) is 48.5 Å². The molecule has 2 aromatic carbocycles. The second kappa shape index (κ2) is 8.63. The van der Waals surface area contributed by atoms with Crippen molar-refractivity contribution in [3.63, 3.8) is 0 Å². The molecule has 0 unspecified atom stereocenters. The van der Waals surface area contributed by atoms with E-state index in [1.807, 2.05) is 0 Å². The van der Waals surface area contributed by atoms with Crippen LogP contribution in [0.25, 0.3) is 0 Å². The van der Waals surface area contributed by atoms with E-state index < -0.39 is 21.8 Å². The van der Waals surface area contributed by atoms with Gasteiger partial charge in [-0.05, 0) is 60.5 Å². The lowest BCUT2D eigenvalue weighted by Crippen LogP contribution is -2.15. The van der Waals surface area contributed by atoms with Gasteiger partial charge in [0.05, 0.1) is 17.5 Å². The normalized spacial score (nSPS) is 12.1. The van der Waals surface area contributed by atoms with Crippen molar-refractivity contribution in [3.05, 3.63) is 87.2 Å². The second-order valence-electron chi connectivity index (χ2n) is 7.48. The minimum Gasteiger partial charge on any atom is -0.344 e. The van der Waals surface area contributed by atoms with Gasteiger partial charge in [0.15, 0.2) is 0 Å². The average Bonchev–Trinajstić information content (AvgIpc) is 2.94. The Labute approximate surface area is 188 Å². The molecule has 0 saturated heterocycles. The van der Waals surface area contributed by atoms with Crippen molar-refractivity contribution in [1.82, 2.24) is 4.57 Å². The Bertz CT molecular complexity index is 1280. The third kappa shape index (κ3) is 5.34. The SMILES string of the molecule is Cc1cc(Cc2ccc(NS(C)(=O)=O)cc2C(F)(F)F)n(C)c1C(=O)c1ccc(Cl)cc1. The maximum Gasteiger partial charge on any atom is 0.416 e.